The van der Waals surface area contributed by atoms with Crippen molar-refractivity contribution in [2.24, 2.45) is 5.73 Å². The molecule has 0 unspecified atom stereocenters. The first-order chi connectivity index (χ1) is 8.24. The minimum atomic E-state index is -4.28. The van der Waals surface area contributed by atoms with E-state index in [0.717, 1.165) is 0 Å². The number of hydrogen-bond acceptors (Lipinski definition) is 4. The third kappa shape index (κ3) is 47.3. The maximum Gasteiger partial charge on any atom is 0.524 e. The lowest BCUT2D eigenvalue weighted by Gasteiger charge is -1.96. The van der Waals surface area contributed by atoms with E-state index in [1.165, 1.54) is 6.08 Å². The van der Waals surface area contributed by atoms with Crippen LogP contribution in [0, 0.1) is 11.3 Å². The topological polar surface area (TPSA) is 129 Å². The summed E-state index contributed by atoms with van der Waals surface area (Å²) in [6.45, 7) is 10.2. The zero-order valence-electron chi connectivity index (χ0n) is 9.65. The highest BCUT2D eigenvalue weighted by Crippen LogP contribution is 2.35. The zero-order chi connectivity index (χ0) is 15.0. The van der Waals surface area contributed by atoms with E-state index in [-0.39, 0.29) is 0 Å². The Morgan fingerprint density at radius 2 is 2.00 bits per heavy atom. The second kappa shape index (κ2) is 15.4. The van der Waals surface area contributed by atoms with Crippen molar-refractivity contribution in [1.29, 1.82) is 5.26 Å². The fraction of sp³-hybridized carbons (Fsp3) is 0.111. The molecular weight excluding hydrogens is 277 g/mol. The van der Waals surface area contributed by atoms with E-state index in [9.17, 15) is 4.57 Å². The van der Waals surface area contributed by atoms with Gasteiger partial charge in [0.15, 0.2) is 5.11 Å². The molecule has 9 heteroatoms. The first-order valence-electron chi connectivity index (χ1n) is 4.24. The van der Waals surface area contributed by atoms with Gasteiger partial charge >= 0.3 is 7.82 Å². The first kappa shape index (κ1) is 21.6. The van der Waals surface area contributed by atoms with Crippen LogP contribution in [-0.2, 0) is 9.09 Å². The van der Waals surface area contributed by atoms with Gasteiger partial charge in [-0.25, -0.2) is 4.57 Å². The Labute approximate surface area is 111 Å². The molecule has 0 saturated carbocycles. The zero-order valence-corrected chi connectivity index (χ0v) is 11.4. The molecule has 0 aromatic carbocycles. The van der Waals surface area contributed by atoms with Gasteiger partial charge in [0, 0.05) is 12.6 Å². The molecule has 0 aliphatic carbocycles. The van der Waals surface area contributed by atoms with Crippen LogP contribution in [0.25, 0.3) is 0 Å². The molecule has 0 aromatic heterocycles. The lowest BCUT2D eigenvalue weighted by molar-refractivity contribution is 0.259. The quantitative estimate of drug-likeness (QED) is 0.198. The Kier molecular flexibility index (Phi) is 18.4. The SMILES string of the molecule is C=CC#N.C=CCNC(N)=S.C=COP(=O)(O)O. The van der Waals surface area contributed by atoms with Gasteiger partial charge < -0.3 is 15.6 Å². The van der Waals surface area contributed by atoms with Gasteiger partial charge in [0.2, 0.25) is 0 Å². The van der Waals surface area contributed by atoms with Crippen molar-refractivity contribution in [1.82, 2.24) is 5.32 Å². The fourth-order valence-electron chi connectivity index (χ4n) is 0.270. The van der Waals surface area contributed by atoms with E-state index in [2.05, 4.69) is 41.8 Å². The predicted octanol–water partition coefficient (Wildman–Crippen LogP) is 0.941. The van der Waals surface area contributed by atoms with Crippen LogP contribution in [0.15, 0.2) is 38.2 Å². The molecule has 0 spiro atoms. The fourth-order valence-corrected chi connectivity index (χ4v) is 0.547. The van der Waals surface area contributed by atoms with E-state index in [0.29, 0.717) is 17.9 Å². The van der Waals surface area contributed by atoms with Crippen LogP contribution in [0.1, 0.15) is 0 Å². The molecule has 0 amide bonds. The molecule has 0 bridgehead atoms. The highest BCUT2D eigenvalue weighted by atomic mass is 32.1. The van der Waals surface area contributed by atoms with Crippen LogP contribution in [0.5, 0.6) is 0 Å². The van der Waals surface area contributed by atoms with Crippen molar-refractivity contribution in [2.45, 2.75) is 0 Å². The normalized spacial score (nSPS) is 7.83. The van der Waals surface area contributed by atoms with Gasteiger partial charge in [-0.2, -0.15) is 5.26 Å². The first-order valence-corrected chi connectivity index (χ1v) is 6.18. The number of phosphoric ester groups is 1. The third-order valence-electron chi connectivity index (χ3n) is 0.724. The van der Waals surface area contributed by atoms with Gasteiger partial charge in [-0.15, -0.1) is 6.58 Å². The van der Waals surface area contributed by atoms with Crippen molar-refractivity contribution < 1.29 is 18.9 Å². The number of nitrogens with one attached hydrogen (secondary N) is 1. The Bertz CT molecular complexity index is 348. The molecule has 0 aromatic rings. The van der Waals surface area contributed by atoms with Crippen LogP contribution in [0.4, 0.5) is 0 Å². The summed E-state index contributed by atoms with van der Waals surface area (Å²) < 4.78 is 13.3. The van der Waals surface area contributed by atoms with Crippen molar-refractivity contribution in [3.8, 4) is 6.07 Å². The lowest BCUT2D eigenvalue weighted by atomic mass is 10.6. The maximum absolute atomic E-state index is 9.63. The minimum Gasteiger partial charge on any atom is -0.413 e. The molecule has 0 fully saturated rings. The molecule has 0 atom stereocenters. The molecule has 0 heterocycles. The van der Waals surface area contributed by atoms with Gasteiger partial charge in [-0.05, 0) is 12.2 Å². The third-order valence-corrected chi connectivity index (χ3v) is 1.29. The summed E-state index contributed by atoms with van der Waals surface area (Å²) in [6, 6.07) is 1.69. The Hall–Kier alpha value is -1.65. The molecule has 0 rings (SSSR count). The summed E-state index contributed by atoms with van der Waals surface area (Å²) in [5, 5.41) is 10.5. The largest absolute Gasteiger partial charge is 0.524 e. The molecule has 7 nitrogen and oxygen atoms in total. The molecule has 0 aliphatic rings. The Morgan fingerprint density at radius 3 is 2.06 bits per heavy atom. The monoisotopic (exact) mass is 293 g/mol. The predicted molar refractivity (Wildman–Crippen MR) is 74.1 cm³/mol. The number of allylic oxidation sites excluding steroid dienone is 1. The van der Waals surface area contributed by atoms with E-state index >= 15 is 0 Å². The maximum atomic E-state index is 9.63. The molecule has 0 aliphatic heterocycles. The van der Waals surface area contributed by atoms with Crippen molar-refractivity contribution >= 4 is 25.2 Å². The minimum absolute atomic E-state index is 0.319. The molecule has 5 N–H and O–H groups in total. The summed E-state index contributed by atoms with van der Waals surface area (Å²) in [7, 11) is -4.28. The highest BCUT2D eigenvalue weighted by Gasteiger charge is 2.10. The number of rotatable bonds is 4. The second-order valence-electron chi connectivity index (χ2n) is 2.13. The summed E-state index contributed by atoms with van der Waals surface area (Å²) in [6.07, 6.45) is 3.57. The standard InChI is InChI=1S/C4H8N2S.C3H3N.C2H5O4P/c1-2-3-6-4(5)7;1-2-3-4;1-2-6-7(3,4)5/h2H,1,3H2,(H3,5,6,7);2H,1H2;2H,1H2,(H2,3,4,5). The number of nitrogens with two attached hydrogens (primary N) is 1. The number of thiocarbonyl (C=S) groups is 1. The molecule has 102 valence electrons. The number of nitrogens with zero attached hydrogens (tertiary/aromatic N) is 1. The lowest BCUT2D eigenvalue weighted by Crippen LogP contribution is -2.28. The van der Waals surface area contributed by atoms with Crippen molar-refractivity contribution in [2.75, 3.05) is 6.54 Å². The van der Waals surface area contributed by atoms with Gasteiger partial charge in [0.05, 0.1) is 12.3 Å². The van der Waals surface area contributed by atoms with Crippen LogP contribution in [-0.4, -0.2) is 21.4 Å². The molecule has 18 heavy (non-hydrogen) atoms. The molecule has 0 saturated heterocycles. The van der Waals surface area contributed by atoms with Crippen LogP contribution in [0.3, 0.4) is 0 Å². The number of phosphoric acid groups is 1. The van der Waals surface area contributed by atoms with Gasteiger partial charge in [-0.1, -0.05) is 19.2 Å². The molecular formula is C9H16N3O4PS. The van der Waals surface area contributed by atoms with Crippen LogP contribution in [0.2, 0.25) is 0 Å². The van der Waals surface area contributed by atoms with E-state index in [1.54, 1.807) is 12.1 Å². The second-order valence-corrected chi connectivity index (χ2v) is 3.76. The summed E-state index contributed by atoms with van der Waals surface area (Å²) in [4.78, 5) is 15.7. The van der Waals surface area contributed by atoms with Crippen LogP contribution < -0.4 is 11.1 Å². The van der Waals surface area contributed by atoms with E-state index in [1.807, 2.05) is 0 Å². The average Bonchev–Trinajstić information content (AvgIpc) is 2.26. The summed E-state index contributed by atoms with van der Waals surface area (Å²) >= 11 is 4.48. The Balaban J connectivity index is -0.000000196. The van der Waals surface area contributed by atoms with Gasteiger partial charge in [0.1, 0.15) is 0 Å². The van der Waals surface area contributed by atoms with Crippen LogP contribution >= 0.6 is 20.0 Å². The Morgan fingerprint density at radius 1 is 1.56 bits per heavy atom. The summed E-state index contributed by atoms with van der Waals surface area (Å²) in [5.41, 5.74) is 5.05. The van der Waals surface area contributed by atoms with Gasteiger partial charge in [-0.3, -0.25) is 9.79 Å². The number of nitriles is 1. The molecule has 0 radical (unpaired) electrons. The highest BCUT2D eigenvalue weighted by molar-refractivity contribution is 7.80. The van der Waals surface area contributed by atoms with Crippen molar-refractivity contribution in [3.05, 3.63) is 38.2 Å². The van der Waals surface area contributed by atoms with E-state index in [4.69, 9.17) is 20.8 Å². The van der Waals surface area contributed by atoms with Crippen molar-refractivity contribution in [3.63, 3.8) is 0 Å². The average molecular weight is 293 g/mol. The summed E-state index contributed by atoms with van der Waals surface area (Å²) in [5.74, 6) is 0. The smallest absolute Gasteiger partial charge is 0.413 e. The van der Waals surface area contributed by atoms with E-state index < -0.39 is 7.82 Å². The van der Waals surface area contributed by atoms with Gasteiger partial charge in [0.25, 0.3) is 0 Å². The number of hydrogen-bond donors (Lipinski definition) is 4.